The zero-order valence-corrected chi connectivity index (χ0v) is 10.9. The van der Waals surface area contributed by atoms with Crippen LogP contribution in [0.2, 0.25) is 0 Å². The van der Waals surface area contributed by atoms with Crippen molar-refractivity contribution in [1.29, 1.82) is 0 Å². The molecule has 0 N–H and O–H groups in total. The number of halogens is 1. The van der Waals surface area contributed by atoms with Gasteiger partial charge in [-0.25, -0.2) is 9.37 Å². The Kier molecular flexibility index (Phi) is 3.65. The quantitative estimate of drug-likeness (QED) is 0.830. The van der Waals surface area contributed by atoms with Crippen molar-refractivity contribution in [2.45, 2.75) is 26.3 Å². The second kappa shape index (κ2) is 5.21. The molecule has 1 aromatic carbocycles. The highest BCUT2D eigenvalue weighted by Crippen LogP contribution is 2.19. The van der Waals surface area contributed by atoms with E-state index in [1.807, 2.05) is 16.8 Å². The number of nitrogens with zero attached hydrogens (tertiary/aromatic N) is 2. The van der Waals surface area contributed by atoms with Gasteiger partial charge in [-0.3, -0.25) is 0 Å². The van der Waals surface area contributed by atoms with E-state index in [9.17, 15) is 4.39 Å². The predicted molar refractivity (Wildman–Crippen MR) is 68.4 cm³/mol. The van der Waals surface area contributed by atoms with Gasteiger partial charge in [-0.2, -0.15) is 0 Å². The molecule has 0 aliphatic heterocycles. The average Bonchev–Trinajstić information content (AvgIpc) is 2.77. The van der Waals surface area contributed by atoms with Crippen molar-refractivity contribution >= 4 is 0 Å². The summed E-state index contributed by atoms with van der Waals surface area (Å²) in [5.74, 6) is 1.30. The highest BCUT2D eigenvalue weighted by molar-refractivity contribution is 5.29. The maximum absolute atomic E-state index is 13.6. The number of aromatic nitrogens is 2. The minimum absolute atomic E-state index is 0.272. The number of imidazole rings is 1. The van der Waals surface area contributed by atoms with E-state index in [0.717, 1.165) is 11.4 Å². The van der Waals surface area contributed by atoms with Gasteiger partial charge in [0.1, 0.15) is 5.82 Å². The molecule has 96 valence electrons. The molecule has 0 unspecified atom stereocenters. The molecule has 2 rings (SSSR count). The lowest BCUT2D eigenvalue weighted by molar-refractivity contribution is 0.386. The molecule has 0 aliphatic rings. The van der Waals surface area contributed by atoms with Crippen LogP contribution in [0, 0.1) is 5.82 Å². The minimum Gasteiger partial charge on any atom is -0.494 e. The summed E-state index contributed by atoms with van der Waals surface area (Å²) in [5, 5.41) is 0. The Hall–Kier alpha value is -1.84. The van der Waals surface area contributed by atoms with Crippen LogP contribution in [0.4, 0.5) is 4.39 Å². The first kappa shape index (κ1) is 12.6. The van der Waals surface area contributed by atoms with Gasteiger partial charge in [-0.1, -0.05) is 19.9 Å². The van der Waals surface area contributed by atoms with Crippen molar-refractivity contribution in [2.24, 2.45) is 0 Å². The molecule has 0 bridgehead atoms. The van der Waals surface area contributed by atoms with Crippen molar-refractivity contribution in [3.63, 3.8) is 0 Å². The van der Waals surface area contributed by atoms with Gasteiger partial charge in [0.25, 0.3) is 0 Å². The second-order valence-corrected chi connectivity index (χ2v) is 4.54. The summed E-state index contributed by atoms with van der Waals surface area (Å²) in [4.78, 5) is 4.31. The first-order chi connectivity index (χ1) is 8.61. The molecule has 0 fully saturated rings. The maximum atomic E-state index is 13.6. The van der Waals surface area contributed by atoms with Crippen LogP contribution >= 0.6 is 0 Å². The standard InChI is InChI=1S/C14H17FN2O/c1-10(2)14-16-6-7-17(14)9-11-4-5-13(18-3)12(15)8-11/h4-8,10H,9H2,1-3H3. The Balaban J connectivity index is 2.23. The van der Waals surface area contributed by atoms with Gasteiger partial charge < -0.3 is 9.30 Å². The third-order valence-electron chi connectivity index (χ3n) is 2.83. The number of hydrogen-bond acceptors (Lipinski definition) is 2. The third-order valence-corrected chi connectivity index (χ3v) is 2.83. The van der Waals surface area contributed by atoms with Crippen molar-refractivity contribution in [3.8, 4) is 5.75 Å². The van der Waals surface area contributed by atoms with E-state index in [-0.39, 0.29) is 11.6 Å². The average molecular weight is 248 g/mol. The Morgan fingerprint density at radius 3 is 2.78 bits per heavy atom. The molecule has 0 saturated carbocycles. The summed E-state index contributed by atoms with van der Waals surface area (Å²) in [5.41, 5.74) is 0.896. The van der Waals surface area contributed by atoms with E-state index < -0.39 is 0 Å². The molecule has 0 radical (unpaired) electrons. The van der Waals surface area contributed by atoms with E-state index in [4.69, 9.17) is 4.74 Å². The summed E-state index contributed by atoms with van der Waals surface area (Å²) in [6.07, 6.45) is 3.69. The minimum atomic E-state index is -0.332. The summed E-state index contributed by atoms with van der Waals surface area (Å²) in [7, 11) is 1.46. The molecule has 18 heavy (non-hydrogen) atoms. The molecule has 1 aromatic heterocycles. The zero-order chi connectivity index (χ0) is 13.1. The van der Waals surface area contributed by atoms with Crippen LogP contribution in [0.1, 0.15) is 31.2 Å². The lowest BCUT2D eigenvalue weighted by Crippen LogP contribution is -2.06. The largest absolute Gasteiger partial charge is 0.494 e. The Bertz CT molecular complexity index is 534. The second-order valence-electron chi connectivity index (χ2n) is 4.54. The van der Waals surface area contributed by atoms with Crippen molar-refractivity contribution < 1.29 is 9.13 Å². The van der Waals surface area contributed by atoms with E-state index in [0.29, 0.717) is 12.5 Å². The molecule has 0 saturated heterocycles. The van der Waals surface area contributed by atoms with Gasteiger partial charge in [0.15, 0.2) is 11.6 Å². The van der Waals surface area contributed by atoms with E-state index in [1.165, 1.54) is 13.2 Å². The van der Waals surface area contributed by atoms with Crippen molar-refractivity contribution in [2.75, 3.05) is 7.11 Å². The van der Waals surface area contributed by atoms with E-state index in [1.54, 1.807) is 12.3 Å². The van der Waals surface area contributed by atoms with Crippen LogP contribution in [0.3, 0.4) is 0 Å². The maximum Gasteiger partial charge on any atom is 0.165 e. The number of rotatable bonds is 4. The highest BCUT2D eigenvalue weighted by atomic mass is 19.1. The fourth-order valence-electron chi connectivity index (χ4n) is 1.96. The number of benzene rings is 1. The monoisotopic (exact) mass is 248 g/mol. The molecule has 0 amide bonds. The fraction of sp³-hybridized carbons (Fsp3) is 0.357. The smallest absolute Gasteiger partial charge is 0.165 e. The summed E-state index contributed by atoms with van der Waals surface area (Å²) < 4.78 is 20.5. The first-order valence-electron chi connectivity index (χ1n) is 5.95. The van der Waals surface area contributed by atoms with Gasteiger partial charge in [0.05, 0.1) is 7.11 Å². The van der Waals surface area contributed by atoms with Crippen molar-refractivity contribution in [3.05, 3.63) is 47.8 Å². The van der Waals surface area contributed by atoms with E-state index >= 15 is 0 Å². The molecular weight excluding hydrogens is 231 g/mol. The van der Waals surface area contributed by atoms with Crippen LogP contribution in [0.25, 0.3) is 0 Å². The molecule has 3 nitrogen and oxygen atoms in total. The highest BCUT2D eigenvalue weighted by Gasteiger charge is 2.09. The molecule has 0 atom stereocenters. The molecule has 4 heteroatoms. The normalized spacial score (nSPS) is 10.9. The molecular formula is C14H17FN2O. The van der Waals surface area contributed by atoms with Crippen LogP contribution in [0.5, 0.6) is 5.75 Å². The van der Waals surface area contributed by atoms with Crippen LogP contribution in [-0.2, 0) is 6.54 Å². The Labute approximate surface area is 106 Å². The summed E-state index contributed by atoms with van der Waals surface area (Å²) in [6, 6.07) is 5.02. The fourth-order valence-corrected chi connectivity index (χ4v) is 1.96. The third kappa shape index (κ3) is 2.53. The molecule has 0 spiro atoms. The number of hydrogen-bond donors (Lipinski definition) is 0. The predicted octanol–water partition coefficient (Wildman–Crippen LogP) is 3.20. The van der Waals surface area contributed by atoms with E-state index in [2.05, 4.69) is 18.8 Å². The topological polar surface area (TPSA) is 27.1 Å². The number of methoxy groups -OCH3 is 1. The Morgan fingerprint density at radius 1 is 1.39 bits per heavy atom. The van der Waals surface area contributed by atoms with Crippen LogP contribution in [0.15, 0.2) is 30.6 Å². The van der Waals surface area contributed by atoms with Crippen molar-refractivity contribution in [1.82, 2.24) is 9.55 Å². The van der Waals surface area contributed by atoms with Crippen LogP contribution < -0.4 is 4.74 Å². The van der Waals surface area contributed by atoms with Gasteiger partial charge in [-0.05, 0) is 17.7 Å². The summed E-state index contributed by atoms with van der Waals surface area (Å²) in [6.45, 7) is 4.80. The van der Waals surface area contributed by atoms with Gasteiger partial charge in [0, 0.05) is 24.9 Å². The molecule has 1 heterocycles. The first-order valence-corrected chi connectivity index (χ1v) is 5.95. The lowest BCUT2D eigenvalue weighted by atomic mass is 10.2. The number of ether oxygens (including phenoxy) is 1. The molecule has 0 aliphatic carbocycles. The van der Waals surface area contributed by atoms with Gasteiger partial charge in [-0.15, -0.1) is 0 Å². The lowest BCUT2D eigenvalue weighted by Gasteiger charge is -2.11. The zero-order valence-electron chi connectivity index (χ0n) is 10.9. The SMILES string of the molecule is COc1ccc(Cn2ccnc2C(C)C)cc1F. The molecule has 2 aromatic rings. The van der Waals surface area contributed by atoms with Gasteiger partial charge in [0.2, 0.25) is 0 Å². The van der Waals surface area contributed by atoms with Crippen LogP contribution in [-0.4, -0.2) is 16.7 Å². The summed E-state index contributed by atoms with van der Waals surface area (Å²) >= 11 is 0. The Morgan fingerprint density at radius 2 is 2.17 bits per heavy atom. The van der Waals surface area contributed by atoms with Gasteiger partial charge >= 0.3 is 0 Å².